The van der Waals surface area contributed by atoms with E-state index < -0.39 is 47.7 Å². The molecule has 5 N–H and O–H groups in total. The van der Waals surface area contributed by atoms with Crippen LogP contribution in [0.1, 0.15) is 10.4 Å². The first-order valence-corrected chi connectivity index (χ1v) is 6.25. The molecule has 4 atom stereocenters. The first kappa shape index (κ1) is 16.1. The number of nitro benzene ring substituents is 1. The molecule has 1 aliphatic rings. The Bertz CT molecular complexity index is 560. The monoisotopic (exact) mass is 314 g/mol. The third-order valence-corrected chi connectivity index (χ3v) is 3.23. The molecule has 1 fully saturated rings. The molecule has 0 radical (unpaired) electrons. The van der Waals surface area contributed by atoms with E-state index in [1.165, 1.54) is 0 Å². The van der Waals surface area contributed by atoms with Gasteiger partial charge in [0.1, 0.15) is 18.3 Å². The fraction of sp³-hybridized carbons (Fsp3) is 0.417. The highest BCUT2D eigenvalue weighted by Crippen LogP contribution is 2.26. The molecule has 0 aliphatic carbocycles. The zero-order valence-corrected chi connectivity index (χ0v) is 11.1. The van der Waals surface area contributed by atoms with Crippen molar-refractivity contribution in [1.29, 1.82) is 0 Å². The summed E-state index contributed by atoms with van der Waals surface area (Å²) >= 11 is 0. The van der Waals surface area contributed by atoms with Gasteiger partial charge in [-0.2, -0.15) is 0 Å². The highest BCUT2D eigenvalue weighted by Gasteiger charge is 2.42. The maximum atomic E-state index is 11.0. The number of carboxylic acids is 1. The lowest BCUT2D eigenvalue weighted by atomic mass is 10.1. The van der Waals surface area contributed by atoms with Crippen LogP contribution in [0.2, 0.25) is 0 Å². The number of non-ortho nitro benzene ring substituents is 1. The van der Waals surface area contributed by atoms with Gasteiger partial charge in [-0.25, -0.2) is 4.79 Å². The number of benzene rings is 1. The number of nitrogens with zero attached hydrogens (tertiary/aromatic N) is 1. The number of anilines is 1. The zero-order valence-electron chi connectivity index (χ0n) is 11.1. The number of rotatable bonds is 5. The first-order valence-electron chi connectivity index (χ1n) is 6.25. The van der Waals surface area contributed by atoms with E-state index >= 15 is 0 Å². The summed E-state index contributed by atoms with van der Waals surface area (Å²) in [6, 6.07) is 3.09. The van der Waals surface area contributed by atoms with Crippen molar-refractivity contribution in [3.63, 3.8) is 0 Å². The van der Waals surface area contributed by atoms with Crippen LogP contribution in [0.4, 0.5) is 11.4 Å². The van der Waals surface area contributed by atoms with Crippen molar-refractivity contribution in [2.75, 3.05) is 11.9 Å². The molecule has 0 saturated carbocycles. The molecule has 1 aromatic carbocycles. The van der Waals surface area contributed by atoms with Crippen molar-refractivity contribution in [3.05, 3.63) is 33.9 Å². The number of hydrogen-bond donors (Lipinski definition) is 5. The number of nitro groups is 1. The minimum Gasteiger partial charge on any atom is -0.478 e. The number of aromatic carboxylic acids is 1. The standard InChI is InChI=1S/C12H14N2O8/c15-4-8-9(16)10(17)11(22-8)13-6-1-5(12(18)19)2-7(3-6)14(20)21/h1-3,8-11,13,15-17H,4H2,(H,18,19)/t8-,9+,10+,11+/m0/s1. The highest BCUT2D eigenvalue weighted by atomic mass is 16.6. The summed E-state index contributed by atoms with van der Waals surface area (Å²) in [6.45, 7) is -0.522. The smallest absolute Gasteiger partial charge is 0.336 e. The molecular formula is C12H14N2O8. The SMILES string of the molecule is O=C(O)c1cc(N[C@@H]2O[C@@H](CO)[C@@H](O)[C@H]2O)cc([N+](=O)[O-])c1. The van der Waals surface area contributed by atoms with Crippen molar-refractivity contribution >= 4 is 17.3 Å². The fourth-order valence-electron chi connectivity index (χ4n) is 2.11. The molecule has 1 aliphatic heterocycles. The molecular weight excluding hydrogens is 300 g/mol. The lowest BCUT2D eigenvalue weighted by Crippen LogP contribution is -2.36. The van der Waals surface area contributed by atoms with Gasteiger partial charge in [0.05, 0.1) is 17.1 Å². The van der Waals surface area contributed by atoms with Crippen molar-refractivity contribution in [1.82, 2.24) is 0 Å². The Hall–Kier alpha value is -2.27. The number of ether oxygens (including phenoxy) is 1. The summed E-state index contributed by atoms with van der Waals surface area (Å²) in [4.78, 5) is 21.0. The van der Waals surface area contributed by atoms with E-state index in [1.807, 2.05) is 0 Å². The minimum atomic E-state index is -1.38. The lowest BCUT2D eigenvalue weighted by molar-refractivity contribution is -0.384. The van der Waals surface area contributed by atoms with Crippen LogP contribution < -0.4 is 5.32 Å². The number of aliphatic hydroxyl groups excluding tert-OH is 3. The number of aliphatic hydroxyl groups is 3. The van der Waals surface area contributed by atoms with E-state index in [4.69, 9.17) is 14.9 Å². The van der Waals surface area contributed by atoms with Crippen molar-refractivity contribution < 1.29 is 34.9 Å². The fourth-order valence-corrected chi connectivity index (χ4v) is 2.11. The summed E-state index contributed by atoms with van der Waals surface area (Å²) < 4.78 is 5.16. The normalized spacial score (nSPS) is 27.6. The van der Waals surface area contributed by atoms with Crippen LogP contribution in [-0.4, -0.2) is 62.5 Å². The highest BCUT2D eigenvalue weighted by molar-refractivity contribution is 5.90. The Balaban J connectivity index is 2.26. The molecule has 120 valence electrons. The van der Waals surface area contributed by atoms with E-state index in [1.54, 1.807) is 0 Å². The minimum absolute atomic E-state index is 0.0291. The van der Waals surface area contributed by atoms with Gasteiger partial charge >= 0.3 is 5.97 Å². The predicted molar refractivity (Wildman–Crippen MR) is 71.4 cm³/mol. The molecule has 22 heavy (non-hydrogen) atoms. The lowest BCUT2D eigenvalue weighted by Gasteiger charge is -2.17. The van der Waals surface area contributed by atoms with Gasteiger partial charge in [0.25, 0.3) is 5.69 Å². The molecule has 10 heteroatoms. The van der Waals surface area contributed by atoms with Crippen LogP contribution >= 0.6 is 0 Å². The van der Waals surface area contributed by atoms with Gasteiger partial charge in [-0.1, -0.05) is 0 Å². The van der Waals surface area contributed by atoms with E-state index in [2.05, 4.69) is 5.32 Å². The van der Waals surface area contributed by atoms with Crippen LogP contribution in [-0.2, 0) is 4.74 Å². The van der Waals surface area contributed by atoms with Gasteiger partial charge in [0.2, 0.25) is 0 Å². The molecule has 0 aromatic heterocycles. The van der Waals surface area contributed by atoms with Crippen LogP contribution in [0.25, 0.3) is 0 Å². The summed E-state index contributed by atoms with van der Waals surface area (Å²) in [7, 11) is 0. The quantitative estimate of drug-likeness (QED) is 0.344. The Morgan fingerprint density at radius 1 is 1.32 bits per heavy atom. The number of hydrogen-bond acceptors (Lipinski definition) is 8. The molecule has 0 spiro atoms. The average Bonchev–Trinajstić information content (AvgIpc) is 2.74. The van der Waals surface area contributed by atoms with Gasteiger partial charge in [0.15, 0.2) is 6.23 Å². The number of carbonyl (C=O) groups is 1. The predicted octanol–water partition coefficient (Wildman–Crippen LogP) is -0.856. The molecule has 2 rings (SSSR count). The molecule has 1 aromatic rings. The van der Waals surface area contributed by atoms with Gasteiger partial charge in [-0.15, -0.1) is 0 Å². The second kappa shape index (κ2) is 6.23. The van der Waals surface area contributed by atoms with Crippen LogP contribution in [0, 0.1) is 10.1 Å². The molecule has 0 amide bonds. The largest absolute Gasteiger partial charge is 0.478 e. The summed E-state index contributed by atoms with van der Waals surface area (Å²) in [6.07, 6.45) is -4.87. The number of nitrogens with one attached hydrogen (secondary N) is 1. The van der Waals surface area contributed by atoms with E-state index in [9.17, 15) is 25.1 Å². The first-order chi connectivity index (χ1) is 10.3. The average molecular weight is 314 g/mol. The molecule has 10 nitrogen and oxygen atoms in total. The summed E-state index contributed by atoms with van der Waals surface area (Å²) in [5.74, 6) is -1.35. The van der Waals surface area contributed by atoms with Crippen LogP contribution in [0.5, 0.6) is 0 Å². The van der Waals surface area contributed by atoms with Gasteiger partial charge < -0.3 is 30.5 Å². The third-order valence-electron chi connectivity index (χ3n) is 3.23. The third kappa shape index (κ3) is 3.14. The Labute approximate surface area is 123 Å². The van der Waals surface area contributed by atoms with E-state index in [0.717, 1.165) is 18.2 Å². The molecule has 0 bridgehead atoms. The van der Waals surface area contributed by atoms with Gasteiger partial charge in [-0.3, -0.25) is 10.1 Å². The zero-order chi connectivity index (χ0) is 16.4. The Kier molecular flexibility index (Phi) is 4.56. The van der Waals surface area contributed by atoms with Crippen molar-refractivity contribution in [2.24, 2.45) is 0 Å². The topological polar surface area (TPSA) is 162 Å². The summed E-state index contributed by atoms with van der Waals surface area (Å²) in [5.41, 5.74) is -0.737. The molecule has 1 heterocycles. The van der Waals surface area contributed by atoms with Crippen LogP contribution in [0.15, 0.2) is 18.2 Å². The van der Waals surface area contributed by atoms with Gasteiger partial charge in [0, 0.05) is 17.8 Å². The van der Waals surface area contributed by atoms with Gasteiger partial charge in [-0.05, 0) is 6.07 Å². The van der Waals surface area contributed by atoms with Crippen LogP contribution in [0.3, 0.4) is 0 Å². The van der Waals surface area contributed by atoms with E-state index in [0.29, 0.717) is 0 Å². The maximum absolute atomic E-state index is 11.0. The Morgan fingerprint density at radius 2 is 2.00 bits per heavy atom. The van der Waals surface area contributed by atoms with E-state index in [-0.39, 0.29) is 11.3 Å². The summed E-state index contributed by atoms with van der Waals surface area (Å²) in [5, 5.41) is 50.7. The molecule has 0 unspecified atom stereocenters. The molecule has 1 saturated heterocycles. The van der Waals surface area contributed by atoms with Crippen molar-refractivity contribution in [2.45, 2.75) is 24.5 Å². The second-order valence-electron chi connectivity index (χ2n) is 4.73. The van der Waals surface area contributed by atoms with Crippen molar-refractivity contribution in [3.8, 4) is 0 Å². The second-order valence-corrected chi connectivity index (χ2v) is 4.73. The Morgan fingerprint density at radius 3 is 2.50 bits per heavy atom. The maximum Gasteiger partial charge on any atom is 0.336 e. The number of carboxylic acid groups (broad SMARTS) is 1.